The number of nitrogens with one attached hydrogen (secondary N) is 1. The molecule has 0 aromatic heterocycles. The highest BCUT2D eigenvalue weighted by Crippen LogP contribution is 2.11. The first-order valence-corrected chi connectivity index (χ1v) is 4.93. The van der Waals surface area contributed by atoms with Crippen molar-refractivity contribution >= 4 is 12.0 Å². The minimum absolute atomic E-state index is 0.0904. The summed E-state index contributed by atoms with van der Waals surface area (Å²) in [7, 11) is 0. The van der Waals surface area contributed by atoms with Crippen LogP contribution in [-0.2, 0) is 4.79 Å². The molecule has 5 nitrogen and oxygen atoms in total. The lowest BCUT2D eigenvalue weighted by Gasteiger charge is -2.22. The lowest BCUT2D eigenvalue weighted by Crippen LogP contribution is -2.46. The number of hydrogen-bond donors (Lipinski definition) is 2. The Labute approximate surface area is 83.1 Å². The summed E-state index contributed by atoms with van der Waals surface area (Å²) in [4.78, 5) is 23.9. The quantitative estimate of drug-likeness (QED) is 0.687. The maximum absolute atomic E-state index is 11.7. The number of nitrogens with zero attached hydrogens (tertiary/aromatic N) is 1. The Morgan fingerprint density at radius 3 is 2.93 bits per heavy atom. The lowest BCUT2D eigenvalue weighted by molar-refractivity contribution is -0.132. The van der Waals surface area contributed by atoms with Gasteiger partial charge in [0, 0.05) is 13.1 Å². The van der Waals surface area contributed by atoms with Gasteiger partial charge in [-0.15, -0.1) is 0 Å². The van der Waals surface area contributed by atoms with Gasteiger partial charge in [-0.3, -0.25) is 4.79 Å². The van der Waals surface area contributed by atoms with Crippen molar-refractivity contribution in [1.29, 1.82) is 0 Å². The van der Waals surface area contributed by atoms with Gasteiger partial charge in [-0.05, 0) is 26.2 Å². The second-order valence-electron chi connectivity index (χ2n) is 3.42. The maximum Gasteiger partial charge on any atom is 0.405 e. The Hall–Kier alpha value is -1.26. The van der Waals surface area contributed by atoms with Gasteiger partial charge in [0.05, 0.1) is 0 Å². The molecule has 0 aromatic rings. The Bertz CT molecular complexity index is 230. The van der Waals surface area contributed by atoms with Crippen molar-refractivity contribution in [3.63, 3.8) is 0 Å². The number of likely N-dealkylation sites (N-methyl/N-ethyl adjacent to an activating group) is 1. The number of amides is 2. The monoisotopic (exact) mass is 200 g/mol. The van der Waals surface area contributed by atoms with E-state index in [-0.39, 0.29) is 5.91 Å². The molecule has 0 spiro atoms. The van der Waals surface area contributed by atoms with Crippen molar-refractivity contribution in [2.75, 3.05) is 13.1 Å². The fraction of sp³-hybridized carbons (Fsp3) is 0.778. The molecule has 1 aliphatic rings. The molecular formula is C9H16N2O3. The summed E-state index contributed by atoms with van der Waals surface area (Å²) >= 11 is 0. The van der Waals surface area contributed by atoms with Crippen molar-refractivity contribution in [3.05, 3.63) is 0 Å². The normalized spacial score (nSPS) is 23.1. The third-order valence-corrected chi connectivity index (χ3v) is 2.46. The zero-order valence-corrected chi connectivity index (χ0v) is 8.32. The molecular weight excluding hydrogens is 184 g/mol. The summed E-state index contributed by atoms with van der Waals surface area (Å²) in [5.74, 6) is -0.0904. The molecule has 1 aliphatic heterocycles. The van der Waals surface area contributed by atoms with Crippen LogP contribution >= 0.6 is 0 Å². The van der Waals surface area contributed by atoms with E-state index in [9.17, 15) is 9.59 Å². The van der Waals surface area contributed by atoms with Crippen molar-refractivity contribution in [1.82, 2.24) is 10.2 Å². The minimum atomic E-state index is -1.12. The van der Waals surface area contributed by atoms with E-state index in [1.807, 2.05) is 6.92 Å². The molecule has 2 N–H and O–H groups in total. The highest BCUT2D eigenvalue weighted by atomic mass is 16.4. The number of rotatable bonds is 2. The van der Waals surface area contributed by atoms with E-state index in [0.29, 0.717) is 13.0 Å². The molecule has 0 saturated carbocycles. The smallest absolute Gasteiger partial charge is 0.405 e. The zero-order chi connectivity index (χ0) is 10.6. The molecule has 1 unspecified atom stereocenters. The molecule has 1 saturated heterocycles. The summed E-state index contributed by atoms with van der Waals surface area (Å²) in [5.41, 5.74) is 0. The van der Waals surface area contributed by atoms with Crippen LogP contribution in [-0.4, -0.2) is 41.1 Å². The zero-order valence-electron chi connectivity index (χ0n) is 8.32. The summed E-state index contributed by atoms with van der Waals surface area (Å²) in [6.07, 6.45) is 1.34. The summed E-state index contributed by atoms with van der Waals surface area (Å²) in [6.45, 7) is 3.30. The molecule has 1 atom stereocenters. The molecule has 0 bridgehead atoms. The van der Waals surface area contributed by atoms with Crippen LogP contribution in [0.25, 0.3) is 0 Å². The van der Waals surface area contributed by atoms with Crippen LogP contribution in [0.15, 0.2) is 0 Å². The maximum atomic E-state index is 11.7. The van der Waals surface area contributed by atoms with Crippen molar-refractivity contribution < 1.29 is 14.7 Å². The predicted octanol–water partition coefficient (Wildman–Crippen LogP) is 0.655. The minimum Gasteiger partial charge on any atom is -0.465 e. The number of carboxylic acid groups (broad SMARTS) is 1. The van der Waals surface area contributed by atoms with E-state index in [2.05, 4.69) is 5.32 Å². The van der Waals surface area contributed by atoms with Gasteiger partial charge in [0.25, 0.3) is 0 Å². The van der Waals surface area contributed by atoms with E-state index in [1.165, 1.54) is 0 Å². The van der Waals surface area contributed by atoms with Gasteiger partial charge in [0.15, 0.2) is 0 Å². The van der Waals surface area contributed by atoms with Gasteiger partial charge in [0.1, 0.15) is 6.04 Å². The Kier molecular flexibility index (Phi) is 3.73. The van der Waals surface area contributed by atoms with E-state index >= 15 is 0 Å². The van der Waals surface area contributed by atoms with Crippen molar-refractivity contribution in [2.45, 2.75) is 32.2 Å². The van der Waals surface area contributed by atoms with E-state index in [0.717, 1.165) is 19.4 Å². The van der Waals surface area contributed by atoms with Crippen LogP contribution in [0.4, 0.5) is 4.79 Å². The average molecular weight is 200 g/mol. The van der Waals surface area contributed by atoms with Gasteiger partial charge in [-0.1, -0.05) is 0 Å². The number of hydrogen-bond acceptors (Lipinski definition) is 2. The third kappa shape index (κ3) is 2.61. The molecule has 0 aromatic carbocycles. The Morgan fingerprint density at radius 1 is 1.64 bits per heavy atom. The second-order valence-corrected chi connectivity index (χ2v) is 3.42. The fourth-order valence-corrected chi connectivity index (χ4v) is 1.70. The van der Waals surface area contributed by atoms with Crippen molar-refractivity contribution in [3.8, 4) is 0 Å². The molecule has 80 valence electrons. The van der Waals surface area contributed by atoms with Crippen molar-refractivity contribution in [2.24, 2.45) is 0 Å². The molecule has 5 heteroatoms. The first-order chi connectivity index (χ1) is 6.65. The fourth-order valence-electron chi connectivity index (χ4n) is 1.70. The highest BCUT2D eigenvalue weighted by Gasteiger charge is 2.26. The van der Waals surface area contributed by atoms with Crippen LogP contribution in [0.1, 0.15) is 26.2 Å². The average Bonchev–Trinajstić information content (AvgIpc) is 2.29. The number of carbonyl (C=O) groups excluding carboxylic acids is 1. The standard InChI is InChI=1S/C9H16N2O3/c1-2-11-6-4-3-5-7(8(11)12)10-9(13)14/h7,10H,2-6H2,1H3,(H,13,14). The van der Waals surface area contributed by atoms with Crippen LogP contribution in [0.5, 0.6) is 0 Å². The highest BCUT2D eigenvalue weighted by molar-refractivity contribution is 5.85. The van der Waals surface area contributed by atoms with Gasteiger partial charge in [-0.2, -0.15) is 0 Å². The van der Waals surface area contributed by atoms with Gasteiger partial charge in [-0.25, -0.2) is 4.79 Å². The second kappa shape index (κ2) is 4.83. The largest absolute Gasteiger partial charge is 0.465 e. The number of carbonyl (C=O) groups is 2. The van der Waals surface area contributed by atoms with Gasteiger partial charge in [0.2, 0.25) is 5.91 Å². The van der Waals surface area contributed by atoms with Crippen LogP contribution in [0.2, 0.25) is 0 Å². The molecule has 2 amide bonds. The van der Waals surface area contributed by atoms with Gasteiger partial charge >= 0.3 is 6.09 Å². The predicted molar refractivity (Wildman–Crippen MR) is 51.1 cm³/mol. The molecule has 14 heavy (non-hydrogen) atoms. The molecule has 0 aliphatic carbocycles. The van der Waals surface area contributed by atoms with E-state index in [4.69, 9.17) is 5.11 Å². The van der Waals surface area contributed by atoms with Crippen LogP contribution in [0.3, 0.4) is 0 Å². The SMILES string of the molecule is CCN1CCCCC(NC(=O)O)C1=O. The summed E-state index contributed by atoms with van der Waals surface area (Å²) < 4.78 is 0. The van der Waals surface area contributed by atoms with Crippen LogP contribution < -0.4 is 5.32 Å². The molecule has 1 fully saturated rings. The number of likely N-dealkylation sites (tertiary alicyclic amines) is 1. The molecule has 0 radical (unpaired) electrons. The van der Waals surface area contributed by atoms with Crippen LogP contribution in [0, 0.1) is 0 Å². The topological polar surface area (TPSA) is 69.6 Å². The summed E-state index contributed by atoms with van der Waals surface area (Å²) in [5, 5.41) is 10.8. The van der Waals surface area contributed by atoms with E-state index < -0.39 is 12.1 Å². The van der Waals surface area contributed by atoms with E-state index in [1.54, 1.807) is 4.90 Å². The summed E-state index contributed by atoms with van der Waals surface area (Å²) in [6, 6.07) is -0.546. The Balaban J connectivity index is 2.63. The third-order valence-electron chi connectivity index (χ3n) is 2.46. The molecule has 1 rings (SSSR count). The first kappa shape index (κ1) is 10.8. The molecule has 1 heterocycles. The Morgan fingerprint density at radius 2 is 2.36 bits per heavy atom. The van der Waals surface area contributed by atoms with Gasteiger partial charge < -0.3 is 15.3 Å². The lowest BCUT2D eigenvalue weighted by atomic mass is 10.1. The first-order valence-electron chi connectivity index (χ1n) is 4.93.